The zero-order chi connectivity index (χ0) is 14.4. The van der Waals surface area contributed by atoms with Crippen LogP contribution in [0.15, 0.2) is 53.4 Å². The van der Waals surface area contributed by atoms with Crippen molar-refractivity contribution in [2.45, 2.75) is 18.7 Å². The van der Waals surface area contributed by atoms with Crippen LogP contribution in [-0.4, -0.2) is 11.7 Å². The molecule has 2 rings (SSSR count). The van der Waals surface area contributed by atoms with Crippen molar-refractivity contribution in [2.75, 3.05) is 11.1 Å². The molecular formula is C16H17NO2S. The molecule has 0 aliphatic carbocycles. The van der Waals surface area contributed by atoms with Gasteiger partial charge in [-0.05, 0) is 36.1 Å². The molecule has 4 heteroatoms. The fraction of sp³-hybridized carbons (Fsp3) is 0.188. The Labute approximate surface area is 123 Å². The van der Waals surface area contributed by atoms with E-state index >= 15 is 0 Å². The van der Waals surface area contributed by atoms with Gasteiger partial charge in [-0.15, -0.1) is 11.8 Å². The Bertz CT molecular complexity index is 599. The van der Waals surface area contributed by atoms with Crippen LogP contribution >= 0.6 is 11.8 Å². The molecule has 1 amide bonds. The first-order valence-corrected chi connectivity index (χ1v) is 7.44. The molecule has 1 N–H and O–H groups in total. The van der Waals surface area contributed by atoms with Gasteiger partial charge >= 0.3 is 0 Å². The summed E-state index contributed by atoms with van der Waals surface area (Å²) in [6, 6.07) is 15.3. The van der Waals surface area contributed by atoms with E-state index in [1.165, 1.54) is 11.8 Å². The molecule has 104 valence electrons. The number of nitrogens with one attached hydrogen (secondary N) is 1. The zero-order valence-corrected chi connectivity index (χ0v) is 12.4. The summed E-state index contributed by atoms with van der Waals surface area (Å²) in [5, 5.41) is 2.74. The molecule has 0 atom stereocenters. The van der Waals surface area contributed by atoms with Crippen LogP contribution in [0.4, 0.5) is 5.69 Å². The van der Waals surface area contributed by atoms with E-state index in [4.69, 9.17) is 4.74 Å². The molecule has 0 heterocycles. The second-order valence-corrected chi connectivity index (χ2v) is 5.56. The number of carbonyl (C=O) groups excluding carboxylic acids is 1. The van der Waals surface area contributed by atoms with E-state index in [1.807, 2.05) is 36.4 Å². The van der Waals surface area contributed by atoms with Gasteiger partial charge < -0.3 is 10.1 Å². The molecule has 2 aromatic rings. The van der Waals surface area contributed by atoms with Crippen LogP contribution in [0.1, 0.15) is 13.8 Å². The zero-order valence-electron chi connectivity index (χ0n) is 11.6. The third-order valence-corrected chi connectivity index (χ3v) is 3.38. The van der Waals surface area contributed by atoms with E-state index in [0.717, 1.165) is 17.2 Å². The van der Waals surface area contributed by atoms with Gasteiger partial charge in [-0.3, -0.25) is 4.79 Å². The largest absolute Gasteiger partial charge is 0.457 e. The van der Waals surface area contributed by atoms with Crippen molar-refractivity contribution >= 4 is 23.4 Å². The molecule has 0 unspecified atom stereocenters. The van der Waals surface area contributed by atoms with Gasteiger partial charge in [0, 0.05) is 23.6 Å². The predicted octanol–water partition coefficient (Wildman–Crippen LogP) is 4.55. The Hall–Kier alpha value is -1.94. The molecule has 0 aromatic heterocycles. The van der Waals surface area contributed by atoms with Crippen molar-refractivity contribution in [3.63, 3.8) is 0 Å². The summed E-state index contributed by atoms with van der Waals surface area (Å²) < 4.78 is 5.82. The van der Waals surface area contributed by atoms with Crippen LogP contribution in [0.25, 0.3) is 0 Å². The molecule has 0 bridgehead atoms. The normalized spacial score (nSPS) is 10.1. The highest BCUT2D eigenvalue weighted by Crippen LogP contribution is 2.27. The Morgan fingerprint density at radius 1 is 1.15 bits per heavy atom. The molecule has 0 saturated heterocycles. The average Bonchev–Trinajstić information content (AvgIpc) is 2.39. The smallest absolute Gasteiger partial charge is 0.221 e. The molecule has 0 spiro atoms. The van der Waals surface area contributed by atoms with Crippen molar-refractivity contribution in [3.8, 4) is 11.5 Å². The number of benzene rings is 2. The first kappa shape index (κ1) is 14.5. The number of hydrogen-bond acceptors (Lipinski definition) is 3. The minimum atomic E-state index is -0.0940. The highest BCUT2D eigenvalue weighted by atomic mass is 32.2. The number of ether oxygens (including phenoxy) is 1. The lowest BCUT2D eigenvalue weighted by Crippen LogP contribution is -2.05. The first-order valence-electron chi connectivity index (χ1n) is 6.46. The molecule has 0 aliphatic rings. The van der Waals surface area contributed by atoms with E-state index < -0.39 is 0 Å². The van der Waals surface area contributed by atoms with Crippen molar-refractivity contribution < 1.29 is 9.53 Å². The molecular weight excluding hydrogens is 270 g/mol. The maximum atomic E-state index is 11.0. The molecule has 0 saturated carbocycles. The Morgan fingerprint density at radius 2 is 1.85 bits per heavy atom. The molecule has 20 heavy (non-hydrogen) atoms. The van der Waals surface area contributed by atoms with E-state index in [0.29, 0.717) is 5.75 Å². The number of hydrogen-bond donors (Lipinski definition) is 1. The molecule has 0 radical (unpaired) electrons. The maximum absolute atomic E-state index is 11.0. The van der Waals surface area contributed by atoms with Gasteiger partial charge in [0.25, 0.3) is 0 Å². The second-order valence-electron chi connectivity index (χ2n) is 4.22. The van der Waals surface area contributed by atoms with Crippen LogP contribution in [0.5, 0.6) is 11.5 Å². The predicted molar refractivity (Wildman–Crippen MR) is 83.7 cm³/mol. The average molecular weight is 287 g/mol. The van der Waals surface area contributed by atoms with Gasteiger partial charge in [0.1, 0.15) is 11.5 Å². The van der Waals surface area contributed by atoms with Crippen LogP contribution in [0, 0.1) is 0 Å². The van der Waals surface area contributed by atoms with Gasteiger partial charge in [0.05, 0.1) is 0 Å². The van der Waals surface area contributed by atoms with Gasteiger partial charge in [0.2, 0.25) is 5.91 Å². The fourth-order valence-electron chi connectivity index (χ4n) is 1.77. The number of anilines is 1. The van der Waals surface area contributed by atoms with Crippen molar-refractivity contribution in [1.29, 1.82) is 0 Å². The molecule has 2 aromatic carbocycles. The highest BCUT2D eigenvalue weighted by Gasteiger charge is 2.01. The van der Waals surface area contributed by atoms with E-state index in [1.54, 1.807) is 17.8 Å². The summed E-state index contributed by atoms with van der Waals surface area (Å²) >= 11 is 1.77. The van der Waals surface area contributed by atoms with Crippen LogP contribution in [0.3, 0.4) is 0 Å². The molecule has 0 fully saturated rings. The van der Waals surface area contributed by atoms with Gasteiger partial charge in [-0.2, -0.15) is 0 Å². The number of amides is 1. The van der Waals surface area contributed by atoms with Gasteiger partial charge in [0.15, 0.2) is 0 Å². The quantitative estimate of drug-likeness (QED) is 0.820. The number of thioether (sulfide) groups is 1. The first-order chi connectivity index (χ1) is 9.67. The SMILES string of the molecule is CCSc1cccc(Oc2cccc(NC(C)=O)c2)c1. The lowest BCUT2D eigenvalue weighted by atomic mass is 10.3. The number of rotatable bonds is 5. The monoisotopic (exact) mass is 287 g/mol. The van der Waals surface area contributed by atoms with Gasteiger partial charge in [-0.25, -0.2) is 0 Å². The van der Waals surface area contributed by atoms with Crippen LogP contribution in [0.2, 0.25) is 0 Å². The van der Waals surface area contributed by atoms with Crippen molar-refractivity contribution in [1.82, 2.24) is 0 Å². The Morgan fingerprint density at radius 3 is 2.55 bits per heavy atom. The summed E-state index contributed by atoms with van der Waals surface area (Å²) in [5.41, 5.74) is 0.731. The molecule has 3 nitrogen and oxygen atoms in total. The lowest BCUT2D eigenvalue weighted by Gasteiger charge is -2.09. The summed E-state index contributed by atoms with van der Waals surface area (Å²) in [4.78, 5) is 12.2. The van der Waals surface area contributed by atoms with Crippen molar-refractivity contribution in [2.24, 2.45) is 0 Å². The third kappa shape index (κ3) is 4.31. The van der Waals surface area contributed by atoms with Crippen molar-refractivity contribution in [3.05, 3.63) is 48.5 Å². The summed E-state index contributed by atoms with van der Waals surface area (Å²) in [6.07, 6.45) is 0. The van der Waals surface area contributed by atoms with E-state index in [9.17, 15) is 4.79 Å². The highest BCUT2D eigenvalue weighted by molar-refractivity contribution is 7.99. The Balaban J connectivity index is 2.13. The lowest BCUT2D eigenvalue weighted by molar-refractivity contribution is -0.114. The maximum Gasteiger partial charge on any atom is 0.221 e. The Kier molecular flexibility index (Phi) is 5.07. The van der Waals surface area contributed by atoms with Crippen LogP contribution < -0.4 is 10.1 Å². The third-order valence-electron chi connectivity index (χ3n) is 2.51. The minimum absolute atomic E-state index is 0.0940. The summed E-state index contributed by atoms with van der Waals surface area (Å²) in [7, 11) is 0. The van der Waals surface area contributed by atoms with E-state index in [-0.39, 0.29) is 5.91 Å². The standard InChI is InChI=1S/C16H17NO2S/c1-3-20-16-9-5-8-15(11-16)19-14-7-4-6-13(10-14)17-12(2)18/h4-11H,3H2,1-2H3,(H,17,18). The minimum Gasteiger partial charge on any atom is -0.457 e. The number of carbonyl (C=O) groups is 1. The summed E-state index contributed by atoms with van der Waals surface area (Å²) in [5.74, 6) is 2.43. The fourth-order valence-corrected chi connectivity index (χ4v) is 2.48. The van der Waals surface area contributed by atoms with Gasteiger partial charge in [-0.1, -0.05) is 19.1 Å². The second kappa shape index (κ2) is 7.01. The topological polar surface area (TPSA) is 38.3 Å². The summed E-state index contributed by atoms with van der Waals surface area (Å²) in [6.45, 7) is 3.61. The van der Waals surface area contributed by atoms with Crippen LogP contribution in [-0.2, 0) is 4.79 Å². The van der Waals surface area contributed by atoms with E-state index in [2.05, 4.69) is 18.3 Å². The molecule has 0 aliphatic heterocycles.